The minimum Gasteiger partial charge on any atom is -1.00 e. The molecule has 0 spiro atoms. The molecule has 0 fully saturated rings. The van der Waals surface area contributed by atoms with Crippen LogP contribution < -0.4 is 29.4 Å². The van der Waals surface area contributed by atoms with Crippen molar-refractivity contribution in [3.05, 3.63) is 0 Å². The van der Waals surface area contributed by atoms with Crippen molar-refractivity contribution in [3.63, 3.8) is 0 Å². The van der Waals surface area contributed by atoms with Gasteiger partial charge in [0.15, 0.2) is 0 Å². The number of hydrogen-bond donors (Lipinski definition) is 9. The average molecular weight is 786 g/mol. The summed E-state index contributed by atoms with van der Waals surface area (Å²) < 4.78 is 43.7. The molecule has 0 aliphatic carbocycles. The summed E-state index contributed by atoms with van der Waals surface area (Å²) in [6.07, 6.45) is 0. The van der Waals surface area contributed by atoms with Gasteiger partial charge in [0, 0.05) is 0 Å². The standard InChI is InChI=1S/3Ca.3Ni.5H3O4P.6H/c;;;;;;5*1-5(2,3)4;;;;;;/h;;;;;;5*(H3,1,2,3,4);;;;;;/q6*+2;;;;;;6*-1/p-6. The quantitative estimate of drug-likeness (QED) is 0.0813. The van der Waals surface area contributed by atoms with Crippen LogP contribution in [0.25, 0.3) is 0 Å². The molecule has 196 valence electrons. The maximum Gasteiger partial charge on any atom is 2.00 e. The zero-order valence-corrected chi connectivity index (χ0v) is 27.9. The molecule has 0 unspecified atom stereocenters. The van der Waals surface area contributed by atoms with Gasteiger partial charge in [0.25, 0.3) is 0 Å². The first-order chi connectivity index (χ1) is 10.0. The van der Waals surface area contributed by atoms with Crippen molar-refractivity contribution in [2.24, 2.45) is 0 Å². The van der Waals surface area contributed by atoms with Gasteiger partial charge in [-0.05, 0) is 0 Å². The van der Waals surface area contributed by atoms with Gasteiger partial charge in [-0.25, -0.2) is 13.7 Å². The SMILES string of the molecule is O=P(O)(O)O.O=P(O)(O)O.O=P(O)(O)O.O=P([O-])([O-])[O-].O=P([O-])([O-])[O-].[Ca+2].[Ca+2].[Ca+2].[H-].[H-].[H-].[H-].[H-].[H-].[Ni+2].[Ni+2].[Ni+2]. The molecule has 0 aliphatic rings. The molecule has 0 rings (SSSR count). The summed E-state index contributed by atoms with van der Waals surface area (Å²) in [6.45, 7) is 0. The maximum atomic E-state index is 8.88. The molecule has 20 nitrogen and oxygen atoms in total. The van der Waals surface area contributed by atoms with Crippen LogP contribution in [-0.2, 0) is 72.3 Å². The van der Waals surface area contributed by atoms with Crippen LogP contribution in [-0.4, -0.2) is 157 Å². The van der Waals surface area contributed by atoms with Gasteiger partial charge in [-0.1, -0.05) is 0 Å². The molecule has 0 radical (unpaired) electrons. The third-order valence-corrected chi connectivity index (χ3v) is 0. The summed E-state index contributed by atoms with van der Waals surface area (Å²) in [7, 11) is -24.7. The normalized spacial score (nSPS) is 9.52. The molecular formula is H15Ca3Ni3O20P5. The average Bonchev–Trinajstić information content (AvgIpc) is 1.79. The molecule has 0 bridgehead atoms. The van der Waals surface area contributed by atoms with E-state index in [0.717, 1.165) is 0 Å². The van der Waals surface area contributed by atoms with Crippen LogP contribution in [0.5, 0.6) is 0 Å². The van der Waals surface area contributed by atoms with Crippen molar-refractivity contribution >= 4 is 152 Å². The van der Waals surface area contributed by atoms with E-state index in [1.54, 1.807) is 0 Å². The molecule has 0 atom stereocenters. The number of phosphoric acid groups is 5. The van der Waals surface area contributed by atoms with Gasteiger partial charge >= 0.3 is 186 Å². The molecular weight excluding hydrogens is 771 g/mol. The summed E-state index contributed by atoms with van der Waals surface area (Å²) in [4.78, 5) is 116. The van der Waals surface area contributed by atoms with Crippen molar-refractivity contribution in [3.8, 4) is 0 Å². The van der Waals surface area contributed by atoms with Gasteiger partial charge < -0.3 is 91.1 Å². The number of hydrogen-bond acceptors (Lipinski definition) is 11. The molecule has 0 saturated carbocycles. The van der Waals surface area contributed by atoms with Crippen LogP contribution >= 0.6 is 39.1 Å². The van der Waals surface area contributed by atoms with E-state index in [9.17, 15) is 0 Å². The van der Waals surface area contributed by atoms with E-state index in [1.807, 2.05) is 0 Å². The van der Waals surface area contributed by atoms with Gasteiger partial charge in [0.2, 0.25) is 0 Å². The van der Waals surface area contributed by atoms with Crippen LogP contribution in [0.15, 0.2) is 0 Å². The van der Waals surface area contributed by atoms with E-state index in [2.05, 4.69) is 0 Å². The third-order valence-electron chi connectivity index (χ3n) is 0. The predicted molar refractivity (Wildman–Crippen MR) is 81.9 cm³/mol. The molecule has 0 aromatic rings. The van der Waals surface area contributed by atoms with E-state index in [-0.39, 0.29) is 171 Å². The Kier molecular flexibility index (Phi) is 77.3. The van der Waals surface area contributed by atoms with Crippen LogP contribution in [0.1, 0.15) is 8.56 Å². The van der Waals surface area contributed by atoms with E-state index in [1.165, 1.54) is 0 Å². The fraction of sp³-hybridized carbons (Fsp3) is 0. The molecule has 31 heteroatoms. The molecule has 0 aromatic carbocycles. The van der Waals surface area contributed by atoms with Gasteiger partial charge in [0.05, 0.1) is 0 Å². The summed E-state index contributed by atoms with van der Waals surface area (Å²) >= 11 is 0. The Balaban J connectivity index is -0.00000000833. The molecule has 0 amide bonds. The maximum absolute atomic E-state index is 8.88. The third kappa shape index (κ3) is 1210. The Labute approximate surface area is 301 Å². The summed E-state index contributed by atoms with van der Waals surface area (Å²) in [6, 6.07) is 0. The van der Waals surface area contributed by atoms with Crippen LogP contribution in [0, 0.1) is 0 Å². The van der Waals surface area contributed by atoms with E-state index < -0.39 is 39.1 Å². The summed E-state index contributed by atoms with van der Waals surface area (Å²) in [5.41, 5.74) is 0. The van der Waals surface area contributed by atoms with Crippen molar-refractivity contribution in [2.75, 3.05) is 0 Å². The zero-order valence-electron chi connectivity index (χ0n) is 19.8. The Morgan fingerprint density at radius 3 is 0.387 bits per heavy atom. The first-order valence-electron chi connectivity index (χ1n) is 3.81. The largest absolute Gasteiger partial charge is 2.00 e. The Morgan fingerprint density at radius 1 is 0.387 bits per heavy atom. The van der Waals surface area contributed by atoms with Crippen molar-refractivity contribution < 1.29 is 154 Å². The van der Waals surface area contributed by atoms with Gasteiger partial charge in [-0.3, -0.25) is 0 Å². The van der Waals surface area contributed by atoms with Gasteiger partial charge in [-0.2, -0.15) is 15.6 Å². The van der Waals surface area contributed by atoms with E-state index >= 15 is 0 Å². The predicted octanol–water partition coefficient (Wildman–Crippen LogP) is -8.91. The molecule has 9 N–H and O–H groups in total. The summed E-state index contributed by atoms with van der Waals surface area (Å²) in [5, 5.41) is 0. The second kappa shape index (κ2) is 33.8. The fourth-order valence-corrected chi connectivity index (χ4v) is 0. The van der Waals surface area contributed by atoms with E-state index in [0.29, 0.717) is 0 Å². The fourth-order valence-electron chi connectivity index (χ4n) is 0. The first kappa shape index (κ1) is 70.9. The topological polar surface area (TPSA) is 406 Å². The van der Waals surface area contributed by atoms with Gasteiger partial charge in [-0.15, -0.1) is 0 Å². The molecule has 0 heterocycles. The smallest absolute Gasteiger partial charge is 1.00 e. The Hall–Kier alpha value is 5.81. The minimum atomic E-state index is -5.39. The molecule has 31 heavy (non-hydrogen) atoms. The van der Waals surface area contributed by atoms with Crippen LogP contribution in [0.3, 0.4) is 0 Å². The summed E-state index contributed by atoms with van der Waals surface area (Å²) in [5.74, 6) is 0. The minimum absolute atomic E-state index is 0. The van der Waals surface area contributed by atoms with Gasteiger partial charge in [0.1, 0.15) is 0 Å². The first-order valence-corrected chi connectivity index (χ1v) is 11.4. The van der Waals surface area contributed by atoms with Crippen LogP contribution in [0.4, 0.5) is 0 Å². The van der Waals surface area contributed by atoms with Crippen molar-refractivity contribution in [1.29, 1.82) is 0 Å². The van der Waals surface area contributed by atoms with Crippen LogP contribution in [0.2, 0.25) is 0 Å². The molecule has 0 aromatic heterocycles. The second-order valence-electron chi connectivity index (χ2n) is 2.43. The Morgan fingerprint density at radius 2 is 0.387 bits per heavy atom. The monoisotopic (exact) mass is 784 g/mol. The number of rotatable bonds is 0. The van der Waals surface area contributed by atoms with Crippen molar-refractivity contribution in [2.45, 2.75) is 0 Å². The van der Waals surface area contributed by atoms with E-state index in [4.69, 9.17) is 96.2 Å². The zero-order chi connectivity index (χ0) is 22.5. The van der Waals surface area contributed by atoms with Crippen molar-refractivity contribution in [1.82, 2.24) is 0 Å². The second-order valence-corrected chi connectivity index (χ2v) is 7.30. The Bertz CT molecular complexity index is 417. The molecule has 0 aliphatic heterocycles. The molecule has 0 saturated heterocycles.